The Morgan fingerprint density at radius 2 is 2.10 bits per heavy atom. The first kappa shape index (κ1) is 16.0. The van der Waals surface area contributed by atoms with Crippen molar-refractivity contribution in [2.24, 2.45) is 0 Å². The third-order valence-electron chi connectivity index (χ3n) is 2.80. The summed E-state index contributed by atoms with van der Waals surface area (Å²) >= 11 is 3.87. The molecule has 3 nitrogen and oxygen atoms in total. The molecule has 0 saturated heterocycles. The second-order valence-electron chi connectivity index (χ2n) is 4.38. The Morgan fingerprint density at radius 1 is 1.33 bits per heavy atom. The molecule has 2 aromatic rings. The zero-order valence-corrected chi connectivity index (χ0v) is 14.5. The highest BCUT2D eigenvalue weighted by molar-refractivity contribution is 14.1. The van der Waals surface area contributed by atoms with Crippen LogP contribution in [0.3, 0.4) is 0 Å². The quantitative estimate of drug-likeness (QED) is 0.508. The average molecular weight is 413 g/mol. The summed E-state index contributed by atoms with van der Waals surface area (Å²) in [5.74, 6) is 0.667. The second kappa shape index (κ2) is 8.19. The van der Waals surface area contributed by atoms with E-state index in [4.69, 9.17) is 4.74 Å². The zero-order chi connectivity index (χ0) is 15.1. The van der Waals surface area contributed by atoms with E-state index in [-0.39, 0.29) is 12.5 Å². The van der Waals surface area contributed by atoms with Crippen LogP contribution in [0.5, 0.6) is 5.75 Å². The average Bonchev–Trinajstić information content (AvgIpc) is 2.99. The third-order valence-corrected chi connectivity index (χ3v) is 4.39. The highest BCUT2D eigenvalue weighted by Crippen LogP contribution is 2.15. The molecule has 0 radical (unpaired) electrons. The molecule has 1 amide bonds. The van der Waals surface area contributed by atoms with Gasteiger partial charge in [0.05, 0.1) is 6.54 Å². The molecule has 110 valence electrons. The molecular formula is C16H16INO2S. The Bertz CT molecular complexity index is 581. The molecule has 1 aromatic heterocycles. The molecule has 0 aliphatic rings. The first-order valence-electron chi connectivity index (χ1n) is 6.48. The van der Waals surface area contributed by atoms with Gasteiger partial charge in [-0.1, -0.05) is 12.1 Å². The molecule has 0 aliphatic carbocycles. The number of hydrogen-bond donors (Lipinski definition) is 0. The van der Waals surface area contributed by atoms with Gasteiger partial charge in [-0.3, -0.25) is 4.79 Å². The summed E-state index contributed by atoms with van der Waals surface area (Å²) in [6.07, 6.45) is 1.73. The standard InChI is InChI=1S/C16H16INO2S/c1-2-9-18(11-15-4-3-10-21-15)16(19)12-20-14-7-5-13(17)6-8-14/h2-8,10H,1,9,11-12H2. The largest absolute Gasteiger partial charge is 0.484 e. The van der Waals surface area contributed by atoms with Crippen molar-refractivity contribution in [2.75, 3.05) is 13.2 Å². The van der Waals surface area contributed by atoms with Crippen LogP contribution < -0.4 is 4.74 Å². The maximum atomic E-state index is 12.3. The van der Waals surface area contributed by atoms with Crippen LogP contribution in [-0.4, -0.2) is 24.0 Å². The van der Waals surface area contributed by atoms with Crippen LogP contribution in [0.25, 0.3) is 0 Å². The molecule has 5 heteroatoms. The summed E-state index contributed by atoms with van der Waals surface area (Å²) in [4.78, 5) is 15.1. The van der Waals surface area contributed by atoms with Crippen molar-refractivity contribution in [3.63, 3.8) is 0 Å². The van der Waals surface area contributed by atoms with E-state index < -0.39 is 0 Å². The van der Waals surface area contributed by atoms with E-state index in [1.54, 1.807) is 22.3 Å². The lowest BCUT2D eigenvalue weighted by Crippen LogP contribution is -2.34. The maximum Gasteiger partial charge on any atom is 0.261 e. The van der Waals surface area contributed by atoms with Crippen LogP contribution in [0.15, 0.2) is 54.4 Å². The number of benzene rings is 1. The topological polar surface area (TPSA) is 29.5 Å². The van der Waals surface area contributed by atoms with E-state index in [9.17, 15) is 4.79 Å². The maximum absolute atomic E-state index is 12.3. The number of ether oxygens (including phenoxy) is 1. The molecular weight excluding hydrogens is 397 g/mol. The van der Waals surface area contributed by atoms with Gasteiger partial charge in [-0.15, -0.1) is 17.9 Å². The fraction of sp³-hybridized carbons (Fsp3) is 0.188. The first-order chi connectivity index (χ1) is 10.2. The normalized spacial score (nSPS) is 10.1. The molecule has 0 fully saturated rings. The van der Waals surface area contributed by atoms with Crippen molar-refractivity contribution in [1.82, 2.24) is 4.90 Å². The summed E-state index contributed by atoms with van der Waals surface area (Å²) in [5, 5.41) is 2.01. The smallest absolute Gasteiger partial charge is 0.261 e. The molecule has 0 atom stereocenters. The Morgan fingerprint density at radius 3 is 2.71 bits per heavy atom. The van der Waals surface area contributed by atoms with Crippen LogP contribution in [0, 0.1) is 3.57 Å². The number of halogens is 1. The third kappa shape index (κ3) is 5.17. The number of carbonyl (C=O) groups excluding carboxylic acids is 1. The fourth-order valence-electron chi connectivity index (χ4n) is 1.77. The van der Waals surface area contributed by atoms with Crippen molar-refractivity contribution in [3.8, 4) is 5.75 Å². The fourth-order valence-corrected chi connectivity index (χ4v) is 2.85. The molecule has 0 spiro atoms. The molecule has 0 N–H and O–H groups in total. The molecule has 0 unspecified atom stereocenters. The second-order valence-corrected chi connectivity index (χ2v) is 6.66. The predicted octanol–water partition coefficient (Wildman–Crippen LogP) is 3.95. The lowest BCUT2D eigenvalue weighted by atomic mass is 10.3. The van der Waals surface area contributed by atoms with E-state index in [1.807, 2.05) is 41.8 Å². The van der Waals surface area contributed by atoms with E-state index >= 15 is 0 Å². The predicted molar refractivity (Wildman–Crippen MR) is 94.6 cm³/mol. The van der Waals surface area contributed by atoms with Gasteiger partial charge in [0.2, 0.25) is 0 Å². The van der Waals surface area contributed by atoms with E-state index in [1.165, 1.54) is 0 Å². The summed E-state index contributed by atoms with van der Waals surface area (Å²) in [5.41, 5.74) is 0. The molecule has 0 aliphatic heterocycles. The molecule has 0 bridgehead atoms. The van der Waals surface area contributed by atoms with Gasteiger partial charge in [0.1, 0.15) is 5.75 Å². The van der Waals surface area contributed by atoms with Crippen LogP contribution in [0.1, 0.15) is 4.88 Å². The van der Waals surface area contributed by atoms with Gasteiger partial charge in [-0.05, 0) is 58.3 Å². The summed E-state index contributed by atoms with van der Waals surface area (Å²) < 4.78 is 6.68. The summed E-state index contributed by atoms with van der Waals surface area (Å²) in [6, 6.07) is 11.6. The number of rotatable bonds is 7. The van der Waals surface area contributed by atoms with E-state index in [2.05, 4.69) is 29.2 Å². The van der Waals surface area contributed by atoms with Gasteiger partial charge >= 0.3 is 0 Å². The highest BCUT2D eigenvalue weighted by Gasteiger charge is 2.14. The Kier molecular flexibility index (Phi) is 6.25. The van der Waals surface area contributed by atoms with Gasteiger partial charge in [-0.2, -0.15) is 0 Å². The van der Waals surface area contributed by atoms with Crippen molar-refractivity contribution in [1.29, 1.82) is 0 Å². The van der Waals surface area contributed by atoms with Crippen molar-refractivity contribution < 1.29 is 9.53 Å². The number of amides is 1. The van der Waals surface area contributed by atoms with Crippen LogP contribution in [0.4, 0.5) is 0 Å². The van der Waals surface area contributed by atoms with E-state index in [0.717, 1.165) is 8.45 Å². The zero-order valence-electron chi connectivity index (χ0n) is 11.5. The van der Waals surface area contributed by atoms with E-state index in [0.29, 0.717) is 18.8 Å². The van der Waals surface area contributed by atoms with Crippen LogP contribution in [-0.2, 0) is 11.3 Å². The summed E-state index contributed by atoms with van der Waals surface area (Å²) in [7, 11) is 0. The minimum absolute atomic E-state index is 0.0400. The van der Waals surface area contributed by atoms with Gasteiger partial charge in [0, 0.05) is 15.0 Å². The highest BCUT2D eigenvalue weighted by atomic mass is 127. The Hall–Kier alpha value is -1.34. The summed E-state index contributed by atoms with van der Waals surface area (Å²) in [6.45, 7) is 4.87. The molecule has 21 heavy (non-hydrogen) atoms. The Labute approximate surface area is 142 Å². The van der Waals surface area contributed by atoms with Gasteiger partial charge < -0.3 is 9.64 Å². The van der Waals surface area contributed by atoms with Gasteiger partial charge in [-0.25, -0.2) is 0 Å². The Balaban J connectivity index is 1.91. The lowest BCUT2D eigenvalue weighted by molar-refractivity contribution is -0.133. The van der Waals surface area contributed by atoms with Crippen molar-refractivity contribution in [3.05, 3.63) is 62.9 Å². The SMILES string of the molecule is C=CCN(Cc1cccs1)C(=O)COc1ccc(I)cc1. The van der Waals surface area contributed by atoms with Crippen molar-refractivity contribution in [2.45, 2.75) is 6.54 Å². The molecule has 1 heterocycles. The number of thiophene rings is 1. The lowest BCUT2D eigenvalue weighted by Gasteiger charge is -2.20. The minimum Gasteiger partial charge on any atom is -0.484 e. The van der Waals surface area contributed by atoms with Gasteiger partial charge in [0.15, 0.2) is 6.61 Å². The molecule has 0 saturated carbocycles. The molecule has 1 aromatic carbocycles. The molecule has 2 rings (SSSR count). The van der Waals surface area contributed by atoms with Gasteiger partial charge in [0.25, 0.3) is 5.91 Å². The first-order valence-corrected chi connectivity index (χ1v) is 8.44. The van der Waals surface area contributed by atoms with Crippen LogP contribution in [0.2, 0.25) is 0 Å². The minimum atomic E-state index is -0.0400. The monoisotopic (exact) mass is 413 g/mol. The van der Waals surface area contributed by atoms with Crippen LogP contribution >= 0.6 is 33.9 Å². The van der Waals surface area contributed by atoms with Crippen molar-refractivity contribution >= 4 is 39.8 Å². The number of carbonyl (C=O) groups is 1. The number of nitrogens with zero attached hydrogens (tertiary/aromatic N) is 1. The number of hydrogen-bond acceptors (Lipinski definition) is 3.